The van der Waals surface area contributed by atoms with Crippen LogP contribution in [-0.4, -0.2) is 49.7 Å². The summed E-state index contributed by atoms with van der Waals surface area (Å²) in [6.07, 6.45) is 0.310. The van der Waals surface area contributed by atoms with Gasteiger partial charge in [0, 0.05) is 48.1 Å². The highest BCUT2D eigenvalue weighted by Crippen LogP contribution is 2.48. The molecule has 0 amide bonds. The molecule has 2 aliphatic rings. The maximum atomic E-state index is 13.9. The van der Waals surface area contributed by atoms with Crippen LogP contribution in [0, 0.1) is 0 Å². The normalized spacial score (nSPS) is 18.1. The molecule has 1 saturated heterocycles. The Hall–Kier alpha value is -2.49. The molecule has 2 aliphatic heterocycles. The van der Waals surface area contributed by atoms with Gasteiger partial charge in [0.25, 0.3) is 0 Å². The first-order valence-electron chi connectivity index (χ1n) is 11.9. The summed E-state index contributed by atoms with van der Waals surface area (Å²) in [5.41, 5.74) is 1.16. The largest absolute Gasteiger partial charge is 0.461 e. The van der Waals surface area contributed by atoms with Crippen LogP contribution in [0.2, 0.25) is 0 Å². The Morgan fingerprint density at radius 2 is 2.06 bits per heavy atom. The number of carbonyl (C=O) groups is 1. The van der Waals surface area contributed by atoms with E-state index in [2.05, 4.69) is 15.5 Å². The lowest BCUT2D eigenvalue weighted by atomic mass is 9.96. The molecule has 1 atom stereocenters. The van der Waals surface area contributed by atoms with Crippen LogP contribution in [0.1, 0.15) is 30.9 Å². The number of alkyl halides is 3. The van der Waals surface area contributed by atoms with E-state index < -0.39 is 11.7 Å². The zero-order valence-electron chi connectivity index (χ0n) is 19.7. The van der Waals surface area contributed by atoms with Gasteiger partial charge in [0.15, 0.2) is 0 Å². The predicted molar refractivity (Wildman–Crippen MR) is 132 cm³/mol. The van der Waals surface area contributed by atoms with Crippen LogP contribution in [0.25, 0.3) is 0 Å². The first-order chi connectivity index (χ1) is 16.9. The molecule has 0 aromatic heterocycles. The summed E-state index contributed by atoms with van der Waals surface area (Å²) in [7, 11) is 0. The molecule has 0 aliphatic carbocycles. The van der Waals surface area contributed by atoms with Gasteiger partial charge in [0.1, 0.15) is 6.61 Å². The predicted octanol–water partition coefficient (Wildman–Crippen LogP) is 5.63. The quantitative estimate of drug-likeness (QED) is 0.306. The van der Waals surface area contributed by atoms with Crippen molar-refractivity contribution in [3.8, 4) is 0 Å². The third kappa shape index (κ3) is 6.39. The molecule has 0 spiro atoms. The summed E-state index contributed by atoms with van der Waals surface area (Å²) < 4.78 is 47.0. The van der Waals surface area contributed by atoms with Crippen molar-refractivity contribution in [2.75, 3.05) is 38.1 Å². The van der Waals surface area contributed by atoms with Gasteiger partial charge in [-0.25, -0.2) is 4.79 Å². The molecule has 9 heteroatoms. The van der Waals surface area contributed by atoms with E-state index in [9.17, 15) is 18.0 Å². The van der Waals surface area contributed by atoms with Crippen LogP contribution in [-0.2, 0) is 22.1 Å². The van der Waals surface area contributed by atoms with Crippen LogP contribution in [0.15, 0.2) is 58.3 Å². The van der Waals surface area contributed by atoms with E-state index in [1.807, 2.05) is 24.3 Å². The SMILES string of the molecule is CC=CC(=O)OCCN1CCNCC1CCCc1c(C(F)(F)F)ccc2c1Nc1ccccc1S2. The minimum atomic E-state index is -4.41. The Labute approximate surface area is 208 Å². The number of hydrogen-bond donors (Lipinski definition) is 2. The van der Waals surface area contributed by atoms with Crippen LogP contribution >= 0.6 is 11.8 Å². The van der Waals surface area contributed by atoms with Crippen molar-refractivity contribution in [2.45, 2.75) is 48.2 Å². The third-order valence-corrected chi connectivity index (χ3v) is 7.44. The molecule has 1 fully saturated rings. The van der Waals surface area contributed by atoms with E-state index in [1.165, 1.54) is 23.9 Å². The van der Waals surface area contributed by atoms with Gasteiger partial charge in [-0.2, -0.15) is 13.2 Å². The summed E-state index contributed by atoms with van der Waals surface area (Å²) in [5.74, 6) is -0.361. The zero-order chi connectivity index (χ0) is 24.8. The molecule has 0 saturated carbocycles. The molecule has 1 unspecified atom stereocenters. The van der Waals surface area contributed by atoms with E-state index >= 15 is 0 Å². The van der Waals surface area contributed by atoms with Gasteiger partial charge in [-0.1, -0.05) is 30.0 Å². The maximum Gasteiger partial charge on any atom is 0.416 e. The van der Waals surface area contributed by atoms with Gasteiger partial charge >= 0.3 is 12.1 Å². The number of halogens is 3. The van der Waals surface area contributed by atoms with Crippen molar-refractivity contribution in [1.82, 2.24) is 10.2 Å². The Bertz CT molecular complexity index is 1070. The van der Waals surface area contributed by atoms with Gasteiger partial charge in [-0.05, 0) is 56.0 Å². The average molecular weight is 506 g/mol. The molecule has 2 N–H and O–H groups in total. The average Bonchev–Trinajstić information content (AvgIpc) is 2.83. The Morgan fingerprint density at radius 1 is 1.23 bits per heavy atom. The lowest BCUT2D eigenvalue weighted by molar-refractivity contribution is -0.139. The first kappa shape index (κ1) is 25.6. The van der Waals surface area contributed by atoms with Crippen molar-refractivity contribution in [1.29, 1.82) is 0 Å². The van der Waals surface area contributed by atoms with E-state index in [4.69, 9.17) is 4.74 Å². The number of nitrogens with one attached hydrogen (secondary N) is 2. The second-order valence-corrected chi connectivity index (χ2v) is 9.72. The zero-order valence-corrected chi connectivity index (χ0v) is 20.5. The number of benzene rings is 2. The second-order valence-electron chi connectivity index (χ2n) is 8.64. The highest BCUT2D eigenvalue weighted by Gasteiger charge is 2.36. The van der Waals surface area contributed by atoms with Crippen LogP contribution in [0.5, 0.6) is 0 Å². The monoisotopic (exact) mass is 505 g/mol. The molecule has 5 nitrogen and oxygen atoms in total. The highest BCUT2D eigenvalue weighted by atomic mass is 32.2. The van der Waals surface area contributed by atoms with Crippen molar-refractivity contribution in [3.63, 3.8) is 0 Å². The van der Waals surface area contributed by atoms with Crippen LogP contribution in [0.3, 0.4) is 0 Å². The smallest absolute Gasteiger partial charge is 0.416 e. The number of piperazine rings is 1. The molecular weight excluding hydrogens is 475 g/mol. The fraction of sp³-hybridized carbons (Fsp3) is 0.423. The number of anilines is 2. The number of fused-ring (bicyclic) bond motifs is 2. The number of rotatable bonds is 8. The van der Waals surface area contributed by atoms with Crippen molar-refractivity contribution >= 4 is 29.1 Å². The molecule has 2 aromatic carbocycles. The van der Waals surface area contributed by atoms with Gasteiger partial charge in [0.2, 0.25) is 0 Å². The summed E-state index contributed by atoms with van der Waals surface area (Å²) in [6.45, 7) is 5.08. The Balaban J connectivity index is 1.44. The van der Waals surface area contributed by atoms with Crippen LogP contribution in [0.4, 0.5) is 24.5 Å². The minimum absolute atomic E-state index is 0.182. The number of para-hydroxylation sites is 1. The fourth-order valence-corrected chi connectivity index (χ4v) is 5.65. The summed E-state index contributed by atoms with van der Waals surface area (Å²) >= 11 is 1.50. The summed E-state index contributed by atoms with van der Waals surface area (Å²) in [4.78, 5) is 15.6. The number of carbonyl (C=O) groups excluding carboxylic acids is 1. The van der Waals surface area contributed by atoms with Crippen LogP contribution < -0.4 is 10.6 Å². The second kappa shape index (κ2) is 11.5. The van der Waals surface area contributed by atoms with E-state index in [0.29, 0.717) is 37.2 Å². The first-order valence-corrected chi connectivity index (χ1v) is 12.7. The molecule has 35 heavy (non-hydrogen) atoms. The minimum Gasteiger partial charge on any atom is -0.461 e. The number of ether oxygens (including phenoxy) is 1. The van der Waals surface area contributed by atoms with Gasteiger partial charge < -0.3 is 15.4 Å². The topological polar surface area (TPSA) is 53.6 Å². The molecule has 2 aromatic rings. The molecular formula is C26H30F3N3O2S. The highest BCUT2D eigenvalue weighted by molar-refractivity contribution is 7.99. The molecule has 0 radical (unpaired) electrons. The van der Waals surface area contributed by atoms with E-state index in [0.717, 1.165) is 41.5 Å². The number of allylic oxidation sites excluding steroid dienone is 1. The van der Waals surface area contributed by atoms with Crippen molar-refractivity contribution in [3.05, 3.63) is 59.7 Å². The third-order valence-electron chi connectivity index (χ3n) is 6.31. The standard InChI is InChI=1S/C26H30F3N3O2S/c1-2-6-24(33)34-16-15-32-14-13-30-17-18(32)7-5-8-19-20(26(27,28)29)11-12-23-25(19)31-21-9-3-4-10-22(21)35-23/h2-4,6,9-12,18,30-31H,5,7-8,13-17H2,1H3. The molecule has 4 rings (SSSR count). The fourth-order valence-electron chi connectivity index (χ4n) is 4.63. The van der Waals surface area contributed by atoms with E-state index in [1.54, 1.807) is 19.1 Å². The van der Waals surface area contributed by atoms with Crippen molar-refractivity contribution in [2.24, 2.45) is 0 Å². The number of esters is 1. The Kier molecular flexibility index (Phi) is 8.41. The molecule has 188 valence electrons. The van der Waals surface area contributed by atoms with Gasteiger partial charge in [-0.15, -0.1) is 0 Å². The van der Waals surface area contributed by atoms with Crippen molar-refractivity contribution < 1.29 is 22.7 Å². The number of hydrogen-bond acceptors (Lipinski definition) is 6. The van der Waals surface area contributed by atoms with E-state index in [-0.39, 0.29) is 12.0 Å². The Morgan fingerprint density at radius 3 is 2.86 bits per heavy atom. The van der Waals surface area contributed by atoms with Gasteiger partial charge in [-0.3, -0.25) is 4.90 Å². The molecule has 2 heterocycles. The number of nitrogens with zero attached hydrogens (tertiary/aromatic N) is 1. The lowest BCUT2D eigenvalue weighted by Gasteiger charge is -2.36. The summed E-state index contributed by atoms with van der Waals surface area (Å²) in [5, 5.41) is 6.64. The maximum absolute atomic E-state index is 13.9. The van der Waals surface area contributed by atoms with Gasteiger partial charge in [0.05, 0.1) is 16.9 Å². The lowest BCUT2D eigenvalue weighted by Crippen LogP contribution is -2.52. The summed E-state index contributed by atoms with van der Waals surface area (Å²) in [6, 6.07) is 10.6. The molecule has 0 bridgehead atoms.